The summed E-state index contributed by atoms with van der Waals surface area (Å²) in [5, 5.41) is 4.94. The van der Waals surface area contributed by atoms with Gasteiger partial charge in [0.15, 0.2) is 0 Å². The molecular weight excluding hydrogens is 390 g/mol. The molecule has 1 N–H and O–H groups in total. The first-order valence-corrected chi connectivity index (χ1v) is 11.0. The number of carbonyl (C=O) groups excluding carboxylic acids is 1. The highest BCUT2D eigenvalue weighted by Crippen LogP contribution is 2.42. The number of anilines is 1. The van der Waals surface area contributed by atoms with Gasteiger partial charge in [-0.1, -0.05) is 17.7 Å². The number of amides is 2. The maximum absolute atomic E-state index is 13.2. The number of nitrogens with one attached hydrogen (secondary N) is 1. The fourth-order valence-electron chi connectivity index (χ4n) is 4.37. The van der Waals surface area contributed by atoms with E-state index in [2.05, 4.69) is 35.1 Å². The molecule has 0 bridgehead atoms. The van der Waals surface area contributed by atoms with Gasteiger partial charge in [-0.25, -0.2) is 4.79 Å². The summed E-state index contributed by atoms with van der Waals surface area (Å²) in [6.45, 7) is 2.74. The van der Waals surface area contributed by atoms with Crippen LogP contribution < -0.4 is 5.32 Å². The van der Waals surface area contributed by atoms with Crippen LogP contribution in [0.5, 0.6) is 0 Å². The molecule has 0 saturated heterocycles. The van der Waals surface area contributed by atoms with Gasteiger partial charge >= 0.3 is 6.03 Å². The number of hydrogen-bond acceptors (Lipinski definition) is 2. The number of rotatable bonds is 1. The Labute approximate surface area is 173 Å². The number of aromatic nitrogens is 1. The molecule has 6 heteroatoms. The molecule has 2 aromatic heterocycles. The third kappa shape index (κ3) is 2.93. The molecule has 0 unspecified atom stereocenters. The maximum Gasteiger partial charge on any atom is 0.322 e. The molecular formula is C22H22ClN3OS. The lowest BCUT2D eigenvalue weighted by Crippen LogP contribution is -2.36. The highest BCUT2D eigenvalue weighted by molar-refractivity contribution is 7.15. The van der Waals surface area contributed by atoms with E-state index in [0.29, 0.717) is 11.6 Å². The van der Waals surface area contributed by atoms with Crippen LogP contribution in [-0.4, -0.2) is 15.5 Å². The zero-order chi connectivity index (χ0) is 19.3. The van der Waals surface area contributed by atoms with Crippen LogP contribution in [0.3, 0.4) is 0 Å². The minimum Gasteiger partial charge on any atom is -0.312 e. The molecule has 0 spiro atoms. The van der Waals surface area contributed by atoms with E-state index in [0.717, 1.165) is 24.2 Å². The monoisotopic (exact) mass is 411 g/mol. The lowest BCUT2D eigenvalue weighted by Gasteiger charge is -2.28. The van der Waals surface area contributed by atoms with Gasteiger partial charge in [0.1, 0.15) is 5.00 Å². The van der Waals surface area contributed by atoms with Crippen LogP contribution in [0.1, 0.15) is 47.5 Å². The second-order valence-corrected chi connectivity index (χ2v) is 9.06. The largest absolute Gasteiger partial charge is 0.322 e. The molecule has 1 aliphatic heterocycles. The molecule has 28 heavy (non-hydrogen) atoms. The Bertz CT molecular complexity index is 1050. The Kier molecular flexibility index (Phi) is 4.44. The molecule has 0 saturated carbocycles. The molecule has 2 amide bonds. The van der Waals surface area contributed by atoms with Crippen LogP contribution in [0, 0.1) is 0 Å². The van der Waals surface area contributed by atoms with Crippen LogP contribution in [0.15, 0.2) is 42.6 Å². The van der Waals surface area contributed by atoms with Crippen LogP contribution in [0.2, 0.25) is 5.02 Å². The van der Waals surface area contributed by atoms with E-state index < -0.39 is 0 Å². The van der Waals surface area contributed by atoms with Crippen molar-refractivity contribution >= 4 is 34.7 Å². The molecule has 5 rings (SSSR count). The number of benzene rings is 1. The van der Waals surface area contributed by atoms with E-state index in [1.165, 1.54) is 33.8 Å². The van der Waals surface area contributed by atoms with Crippen molar-refractivity contribution < 1.29 is 4.79 Å². The minimum atomic E-state index is -0.0915. The van der Waals surface area contributed by atoms with Crippen LogP contribution in [-0.2, 0) is 19.4 Å². The van der Waals surface area contributed by atoms with Gasteiger partial charge in [0.2, 0.25) is 0 Å². The SMILES string of the molecule is C[C@@H]1c2cccn2-c2sc3c(c2CN1C(=O)Nc1cccc(Cl)c1)CCCC3. The first-order chi connectivity index (χ1) is 13.6. The number of nitrogens with zero attached hydrogens (tertiary/aromatic N) is 2. The van der Waals surface area contributed by atoms with E-state index in [1.807, 2.05) is 34.4 Å². The maximum atomic E-state index is 13.2. The van der Waals surface area contributed by atoms with Crippen molar-refractivity contribution in [3.05, 3.63) is 69.3 Å². The molecule has 0 fully saturated rings. The molecule has 3 aromatic rings. The average Bonchev–Trinajstić information content (AvgIpc) is 3.28. The number of halogens is 1. The number of fused-ring (bicyclic) bond motifs is 5. The van der Waals surface area contributed by atoms with Gasteiger partial charge in [0.25, 0.3) is 0 Å². The zero-order valence-electron chi connectivity index (χ0n) is 15.7. The van der Waals surface area contributed by atoms with Crippen LogP contribution in [0.25, 0.3) is 5.00 Å². The highest BCUT2D eigenvalue weighted by Gasteiger charge is 2.32. The van der Waals surface area contributed by atoms with Crippen molar-refractivity contribution in [2.75, 3.05) is 5.32 Å². The summed E-state index contributed by atoms with van der Waals surface area (Å²) in [6, 6.07) is 11.4. The number of aryl methyl sites for hydroxylation is 1. The van der Waals surface area contributed by atoms with Crippen LogP contribution in [0.4, 0.5) is 10.5 Å². The summed E-state index contributed by atoms with van der Waals surface area (Å²) in [7, 11) is 0. The van der Waals surface area contributed by atoms with E-state index in [4.69, 9.17) is 11.6 Å². The van der Waals surface area contributed by atoms with E-state index in [1.54, 1.807) is 6.07 Å². The average molecular weight is 412 g/mol. The fourth-order valence-corrected chi connectivity index (χ4v) is 5.96. The molecule has 144 valence electrons. The van der Waals surface area contributed by atoms with Gasteiger partial charge in [-0.3, -0.25) is 0 Å². The fraction of sp³-hybridized carbons (Fsp3) is 0.318. The smallest absolute Gasteiger partial charge is 0.312 e. The van der Waals surface area contributed by atoms with Crippen molar-refractivity contribution in [1.29, 1.82) is 0 Å². The van der Waals surface area contributed by atoms with Gasteiger partial charge in [-0.2, -0.15) is 0 Å². The van der Waals surface area contributed by atoms with Crippen molar-refractivity contribution in [3.63, 3.8) is 0 Å². The van der Waals surface area contributed by atoms with Gasteiger partial charge < -0.3 is 14.8 Å². The Balaban J connectivity index is 1.55. The Morgan fingerprint density at radius 2 is 2.04 bits per heavy atom. The Morgan fingerprint density at radius 1 is 1.18 bits per heavy atom. The number of urea groups is 1. The second kappa shape index (κ2) is 6.98. The van der Waals surface area contributed by atoms with Gasteiger partial charge in [-0.15, -0.1) is 11.3 Å². The first-order valence-electron chi connectivity index (χ1n) is 9.76. The molecule has 1 aliphatic carbocycles. The van der Waals surface area contributed by atoms with Crippen molar-refractivity contribution in [2.45, 2.75) is 45.2 Å². The lowest BCUT2D eigenvalue weighted by molar-refractivity contribution is 0.189. The minimum absolute atomic E-state index is 0.0203. The molecule has 1 atom stereocenters. The molecule has 2 aliphatic rings. The summed E-state index contributed by atoms with van der Waals surface area (Å²) in [5.74, 6) is 0. The van der Waals surface area contributed by atoms with E-state index in [-0.39, 0.29) is 12.1 Å². The third-order valence-corrected chi connectivity index (χ3v) is 7.39. The standard InChI is InChI=1S/C22H22ClN3OS/c1-14-19-9-5-11-25(19)21-18(17-8-2-3-10-20(17)28-21)13-26(14)22(27)24-16-7-4-6-15(23)12-16/h4-7,9,11-12,14H,2-3,8,10,13H2,1H3,(H,24,27)/t14-/m1/s1. The summed E-state index contributed by atoms with van der Waals surface area (Å²) in [5.41, 5.74) is 4.67. The third-order valence-electron chi connectivity index (χ3n) is 5.82. The van der Waals surface area contributed by atoms with Gasteiger partial charge in [-0.05, 0) is 68.5 Å². The summed E-state index contributed by atoms with van der Waals surface area (Å²) in [6.07, 6.45) is 6.91. The summed E-state index contributed by atoms with van der Waals surface area (Å²) in [4.78, 5) is 16.7. The Morgan fingerprint density at radius 3 is 2.89 bits per heavy atom. The number of hydrogen-bond donors (Lipinski definition) is 1. The van der Waals surface area contributed by atoms with E-state index >= 15 is 0 Å². The summed E-state index contributed by atoms with van der Waals surface area (Å²) >= 11 is 7.99. The summed E-state index contributed by atoms with van der Waals surface area (Å²) < 4.78 is 2.29. The number of carbonyl (C=O) groups is 1. The van der Waals surface area contributed by atoms with Crippen molar-refractivity contribution in [3.8, 4) is 5.00 Å². The zero-order valence-corrected chi connectivity index (χ0v) is 17.3. The van der Waals surface area contributed by atoms with Gasteiger partial charge in [0.05, 0.1) is 12.6 Å². The number of thiophene rings is 1. The van der Waals surface area contributed by atoms with E-state index in [9.17, 15) is 4.79 Å². The molecule has 4 nitrogen and oxygen atoms in total. The predicted molar refractivity (Wildman–Crippen MR) is 115 cm³/mol. The van der Waals surface area contributed by atoms with Gasteiger partial charge in [0, 0.05) is 33.0 Å². The van der Waals surface area contributed by atoms with Crippen molar-refractivity contribution in [2.24, 2.45) is 0 Å². The second-order valence-electron chi connectivity index (χ2n) is 7.54. The first kappa shape index (κ1) is 17.8. The normalized spacial score (nSPS) is 18.1. The molecule has 3 heterocycles. The van der Waals surface area contributed by atoms with Crippen LogP contribution >= 0.6 is 22.9 Å². The predicted octanol–water partition coefficient (Wildman–Crippen LogP) is 6.18. The quantitative estimate of drug-likeness (QED) is 0.510. The molecule has 0 radical (unpaired) electrons. The topological polar surface area (TPSA) is 37.3 Å². The molecule has 1 aromatic carbocycles. The van der Waals surface area contributed by atoms with Crippen molar-refractivity contribution in [1.82, 2.24) is 9.47 Å². The Hall–Kier alpha value is -2.24. The lowest BCUT2D eigenvalue weighted by atomic mass is 9.95. The highest BCUT2D eigenvalue weighted by atomic mass is 35.5.